The van der Waals surface area contributed by atoms with Crippen molar-refractivity contribution in [3.05, 3.63) is 0 Å². The number of piperidine rings is 1. The van der Waals surface area contributed by atoms with E-state index in [2.05, 4.69) is 17.1 Å². The molecule has 18 heavy (non-hydrogen) atoms. The highest BCUT2D eigenvalue weighted by molar-refractivity contribution is 4.98. The van der Waals surface area contributed by atoms with Crippen LogP contribution < -0.4 is 5.32 Å². The van der Waals surface area contributed by atoms with Crippen molar-refractivity contribution in [2.24, 2.45) is 5.92 Å². The number of fused-ring (bicyclic) bond motifs is 2. The van der Waals surface area contributed by atoms with E-state index in [1.165, 1.54) is 45.1 Å². The largest absolute Gasteiger partial charge is 0.381 e. The fraction of sp³-hybridized carbons (Fsp3) is 1.00. The van der Waals surface area contributed by atoms with Crippen molar-refractivity contribution in [2.75, 3.05) is 26.3 Å². The molecule has 104 valence electrons. The summed E-state index contributed by atoms with van der Waals surface area (Å²) in [6.07, 6.45) is 8.21. The summed E-state index contributed by atoms with van der Waals surface area (Å²) in [6, 6.07) is 2.53. The Kier molecular flexibility index (Phi) is 4.22. The van der Waals surface area contributed by atoms with E-state index < -0.39 is 0 Å². The van der Waals surface area contributed by atoms with Crippen LogP contribution in [0.4, 0.5) is 0 Å². The van der Waals surface area contributed by atoms with Gasteiger partial charge in [-0.05, 0) is 51.0 Å². The van der Waals surface area contributed by atoms with E-state index in [0.29, 0.717) is 0 Å². The van der Waals surface area contributed by atoms with Crippen molar-refractivity contribution in [1.29, 1.82) is 0 Å². The van der Waals surface area contributed by atoms with Crippen LogP contribution in [0.3, 0.4) is 0 Å². The SMILES string of the molecule is CCNC1CC2CCC(C1)N2CC1CCOCC1. The van der Waals surface area contributed by atoms with E-state index in [0.717, 1.165) is 43.8 Å². The number of rotatable bonds is 4. The van der Waals surface area contributed by atoms with Gasteiger partial charge in [0, 0.05) is 37.9 Å². The molecule has 0 aromatic carbocycles. The monoisotopic (exact) mass is 252 g/mol. The Morgan fingerprint density at radius 2 is 1.72 bits per heavy atom. The Hall–Kier alpha value is -0.120. The number of nitrogens with zero attached hydrogens (tertiary/aromatic N) is 1. The van der Waals surface area contributed by atoms with Crippen LogP contribution in [0, 0.1) is 5.92 Å². The topological polar surface area (TPSA) is 24.5 Å². The fourth-order valence-corrected chi connectivity index (χ4v) is 4.25. The van der Waals surface area contributed by atoms with E-state index in [9.17, 15) is 0 Å². The van der Waals surface area contributed by atoms with Crippen molar-refractivity contribution in [3.63, 3.8) is 0 Å². The first kappa shape index (κ1) is 12.9. The van der Waals surface area contributed by atoms with Gasteiger partial charge < -0.3 is 10.1 Å². The fourth-order valence-electron chi connectivity index (χ4n) is 4.25. The van der Waals surface area contributed by atoms with Gasteiger partial charge in [0.05, 0.1) is 0 Å². The molecule has 1 N–H and O–H groups in total. The highest BCUT2D eigenvalue weighted by Gasteiger charge is 2.40. The zero-order chi connectivity index (χ0) is 12.4. The molecule has 3 nitrogen and oxygen atoms in total. The van der Waals surface area contributed by atoms with Crippen molar-refractivity contribution < 1.29 is 4.74 Å². The molecule has 0 amide bonds. The summed E-state index contributed by atoms with van der Waals surface area (Å²) in [6.45, 7) is 6.69. The van der Waals surface area contributed by atoms with Gasteiger partial charge in [0.1, 0.15) is 0 Å². The number of hydrogen-bond acceptors (Lipinski definition) is 3. The van der Waals surface area contributed by atoms with Crippen molar-refractivity contribution >= 4 is 0 Å². The molecule has 2 atom stereocenters. The molecule has 0 aromatic heterocycles. The van der Waals surface area contributed by atoms with Crippen LogP contribution >= 0.6 is 0 Å². The quantitative estimate of drug-likeness (QED) is 0.828. The summed E-state index contributed by atoms with van der Waals surface area (Å²) in [5.74, 6) is 0.900. The van der Waals surface area contributed by atoms with Gasteiger partial charge in [-0.2, -0.15) is 0 Å². The van der Waals surface area contributed by atoms with E-state index >= 15 is 0 Å². The van der Waals surface area contributed by atoms with E-state index in [1.807, 2.05) is 0 Å². The molecule has 3 heteroatoms. The molecule has 2 bridgehead atoms. The molecule has 3 rings (SSSR count). The second kappa shape index (κ2) is 5.89. The lowest BCUT2D eigenvalue weighted by atomic mass is 9.93. The zero-order valence-corrected chi connectivity index (χ0v) is 11.7. The number of ether oxygens (including phenoxy) is 1. The van der Waals surface area contributed by atoms with Gasteiger partial charge in [0.2, 0.25) is 0 Å². The maximum atomic E-state index is 5.48. The third-order valence-electron chi connectivity index (χ3n) is 5.19. The summed E-state index contributed by atoms with van der Waals surface area (Å²) < 4.78 is 5.48. The normalized spacial score (nSPS) is 38.2. The molecule has 3 aliphatic rings. The molecule has 3 heterocycles. The minimum absolute atomic E-state index is 0.790. The van der Waals surface area contributed by atoms with Gasteiger partial charge in [-0.1, -0.05) is 6.92 Å². The average molecular weight is 252 g/mol. The van der Waals surface area contributed by atoms with Crippen LogP contribution in [-0.2, 0) is 4.74 Å². The molecule has 2 unspecified atom stereocenters. The van der Waals surface area contributed by atoms with Crippen LogP contribution in [0.2, 0.25) is 0 Å². The van der Waals surface area contributed by atoms with Gasteiger partial charge in [-0.3, -0.25) is 4.90 Å². The second-order valence-corrected chi connectivity index (χ2v) is 6.36. The summed E-state index contributed by atoms with van der Waals surface area (Å²) >= 11 is 0. The van der Waals surface area contributed by atoms with Gasteiger partial charge in [0.25, 0.3) is 0 Å². The standard InChI is InChI=1S/C15H28N2O/c1-2-16-13-9-14-3-4-15(10-13)17(14)11-12-5-7-18-8-6-12/h12-16H,2-11H2,1H3. The molecule has 0 aromatic rings. The second-order valence-electron chi connectivity index (χ2n) is 6.36. The van der Waals surface area contributed by atoms with Crippen molar-refractivity contribution in [2.45, 2.75) is 63.6 Å². The number of nitrogens with one attached hydrogen (secondary N) is 1. The molecular weight excluding hydrogens is 224 g/mol. The summed E-state index contributed by atoms with van der Waals surface area (Å²) in [5.41, 5.74) is 0. The van der Waals surface area contributed by atoms with Gasteiger partial charge in [-0.15, -0.1) is 0 Å². The molecule has 3 saturated heterocycles. The minimum atomic E-state index is 0.790. The predicted octanol–water partition coefficient (Wildman–Crippen LogP) is 2.02. The van der Waals surface area contributed by atoms with Gasteiger partial charge in [0.15, 0.2) is 0 Å². The Morgan fingerprint density at radius 3 is 2.33 bits per heavy atom. The highest BCUT2D eigenvalue weighted by Crippen LogP contribution is 2.37. The summed E-state index contributed by atoms with van der Waals surface area (Å²) in [4.78, 5) is 2.85. The average Bonchev–Trinajstić information content (AvgIpc) is 2.63. The molecule has 3 fully saturated rings. The molecule has 3 aliphatic heterocycles. The Bertz CT molecular complexity index is 251. The predicted molar refractivity (Wildman–Crippen MR) is 73.8 cm³/mol. The third-order valence-corrected chi connectivity index (χ3v) is 5.19. The maximum absolute atomic E-state index is 5.48. The molecule has 0 spiro atoms. The first-order valence-electron chi connectivity index (χ1n) is 7.93. The first-order valence-corrected chi connectivity index (χ1v) is 7.93. The highest BCUT2D eigenvalue weighted by atomic mass is 16.5. The molecule has 0 radical (unpaired) electrons. The smallest absolute Gasteiger partial charge is 0.0469 e. The lowest BCUT2D eigenvalue weighted by Crippen LogP contribution is -2.50. The summed E-state index contributed by atoms with van der Waals surface area (Å²) in [7, 11) is 0. The number of hydrogen-bond donors (Lipinski definition) is 1. The minimum Gasteiger partial charge on any atom is -0.381 e. The van der Waals surface area contributed by atoms with Crippen LogP contribution in [0.1, 0.15) is 45.4 Å². The Labute approximate surface area is 111 Å². The lowest BCUT2D eigenvalue weighted by molar-refractivity contribution is 0.0320. The van der Waals surface area contributed by atoms with Gasteiger partial charge in [-0.25, -0.2) is 0 Å². The van der Waals surface area contributed by atoms with Gasteiger partial charge >= 0.3 is 0 Å². The first-order chi connectivity index (χ1) is 8.86. The Balaban J connectivity index is 1.54. The molecule has 0 aliphatic carbocycles. The molecule has 0 saturated carbocycles. The zero-order valence-electron chi connectivity index (χ0n) is 11.7. The van der Waals surface area contributed by atoms with E-state index in [-0.39, 0.29) is 0 Å². The van der Waals surface area contributed by atoms with Crippen LogP contribution in [0.25, 0.3) is 0 Å². The Morgan fingerprint density at radius 1 is 1.06 bits per heavy atom. The van der Waals surface area contributed by atoms with Crippen LogP contribution in [0.15, 0.2) is 0 Å². The maximum Gasteiger partial charge on any atom is 0.0469 e. The molecular formula is C15H28N2O. The van der Waals surface area contributed by atoms with E-state index in [4.69, 9.17) is 4.74 Å². The van der Waals surface area contributed by atoms with Crippen LogP contribution in [0.5, 0.6) is 0 Å². The summed E-state index contributed by atoms with van der Waals surface area (Å²) in [5, 5.41) is 3.66. The van der Waals surface area contributed by atoms with E-state index in [1.54, 1.807) is 0 Å². The van der Waals surface area contributed by atoms with Crippen LogP contribution in [-0.4, -0.2) is 49.3 Å². The third kappa shape index (κ3) is 2.73. The van der Waals surface area contributed by atoms with Crippen molar-refractivity contribution in [1.82, 2.24) is 10.2 Å². The van der Waals surface area contributed by atoms with Crippen molar-refractivity contribution in [3.8, 4) is 0 Å². The lowest BCUT2D eigenvalue weighted by Gasteiger charge is -2.41.